The second-order valence-corrected chi connectivity index (χ2v) is 9.08. The average Bonchev–Trinajstić information content (AvgIpc) is 3.07. The van der Waals surface area contributed by atoms with Crippen molar-refractivity contribution in [2.24, 2.45) is 4.99 Å². The molecule has 1 aromatic heterocycles. The third kappa shape index (κ3) is 6.92. The highest BCUT2D eigenvalue weighted by Crippen LogP contribution is 2.14. The lowest BCUT2D eigenvalue weighted by atomic mass is 10.1. The molecule has 0 saturated carbocycles. The van der Waals surface area contributed by atoms with Gasteiger partial charge in [0, 0.05) is 58.6 Å². The van der Waals surface area contributed by atoms with Gasteiger partial charge in [-0.25, -0.2) is 9.98 Å². The molecule has 2 fully saturated rings. The first-order valence-corrected chi connectivity index (χ1v) is 12.4. The van der Waals surface area contributed by atoms with E-state index in [9.17, 15) is 0 Å². The molecular formula is C26H39N7. The Morgan fingerprint density at radius 3 is 2.42 bits per heavy atom. The normalized spacial score (nSPS) is 18.9. The molecule has 0 spiro atoms. The second-order valence-electron chi connectivity index (χ2n) is 9.08. The monoisotopic (exact) mass is 449 g/mol. The van der Waals surface area contributed by atoms with Crippen LogP contribution in [0.2, 0.25) is 0 Å². The maximum Gasteiger partial charge on any atom is 0.194 e. The average molecular weight is 450 g/mol. The Morgan fingerprint density at radius 2 is 1.70 bits per heavy atom. The maximum absolute atomic E-state index is 4.95. The quantitative estimate of drug-likeness (QED) is 0.540. The summed E-state index contributed by atoms with van der Waals surface area (Å²) in [7, 11) is 2.22. The van der Waals surface area contributed by atoms with Crippen LogP contribution in [-0.4, -0.2) is 91.6 Å². The number of piperazine rings is 1. The number of rotatable bonds is 6. The van der Waals surface area contributed by atoms with Crippen molar-refractivity contribution in [2.45, 2.75) is 26.4 Å². The minimum Gasteiger partial charge on any atom is -0.357 e. The number of hydrogen-bond acceptors (Lipinski definition) is 5. The van der Waals surface area contributed by atoms with Crippen molar-refractivity contribution in [3.63, 3.8) is 0 Å². The van der Waals surface area contributed by atoms with Crippen molar-refractivity contribution in [1.29, 1.82) is 0 Å². The standard InChI is InChI=1S/C26H39N7/c1-3-27-26(33-19-17-32(18-20-33)25-7-4-5-12-28-25)29-21-23-8-10-24(11-9-23)22-31-14-6-13-30(2)15-16-31/h4-5,7-12H,3,6,13-22H2,1-2H3,(H,27,29). The summed E-state index contributed by atoms with van der Waals surface area (Å²) in [5.74, 6) is 2.07. The minimum absolute atomic E-state index is 0.706. The molecule has 2 aliphatic rings. The van der Waals surface area contributed by atoms with Crippen molar-refractivity contribution >= 4 is 11.8 Å². The summed E-state index contributed by atoms with van der Waals surface area (Å²) >= 11 is 0. The third-order valence-corrected chi connectivity index (χ3v) is 6.54. The summed E-state index contributed by atoms with van der Waals surface area (Å²) < 4.78 is 0. The van der Waals surface area contributed by atoms with Crippen molar-refractivity contribution in [3.8, 4) is 0 Å². The number of anilines is 1. The van der Waals surface area contributed by atoms with Crippen LogP contribution in [0.5, 0.6) is 0 Å². The van der Waals surface area contributed by atoms with Crippen LogP contribution < -0.4 is 10.2 Å². The Morgan fingerprint density at radius 1 is 0.909 bits per heavy atom. The van der Waals surface area contributed by atoms with Gasteiger partial charge >= 0.3 is 0 Å². The summed E-state index contributed by atoms with van der Waals surface area (Å²) in [6.45, 7) is 13.3. The molecule has 7 nitrogen and oxygen atoms in total. The molecule has 33 heavy (non-hydrogen) atoms. The predicted molar refractivity (Wildman–Crippen MR) is 137 cm³/mol. The molecule has 7 heteroatoms. The number of nitrogens with one attached hydrogen (secondary N) is 1. The number of nitrogens with zero attached hydrogens (tertiary/aromatic N) is 6. The first-order valence-electron chi connectivity index (χ1n) is 12.4. The summed E-state index contributed by atoms with van der Waals surface area (Å²) in [5.41, 5.74) is 2.65. The third-order valence-electron chi connectivity index (χ3n) is 6.54. The van der Waals surface area contributed by atoms with Gasteiger partial charge in [-0.05, 0) is 56.7 Å². The Kier molecular flexibility index (Phi) is 8.55. The highest BCUT2D eigenvalue weighted by Gasteiger charge is 2.20. The number of hydrogen-bond donors (Lipinski definition) is 1. The van der Waals surface area contributed by atoms with E-state index in [1.165, 1.54) is 30.6 Å². The van der Waals surface area contributed by atoms with Gasteiger partial charge in [0.25, 0.3) is 0 Å². The summed E-state index contributed by atoms with van der Waals surface area (Å²) in [6, 6.07) is 15.1. The molecule has 0 radical (unpaired) electrons. The first-order chi connectivity index (χ1) is 16.2. The largest absolute Gasteiger partial charge is 0.357 e. The molecular weight excluding hydrogens is 410 g/mol. The number of likely N-dealkylation sites (N-methyl/N-ethyl adjacent to an activating group) is 1. The molecule has 0 amide bonds. The lowest BCUT2D eigenvalue weighted by Gasteiger charge is -2.37. The zero-order valence-corrected chi connectivity index (χ0v) is 20.3. The van der Waals surface area contributed by atoms with Crippen LogP contribution in [-0.2, 0) is 13.1 Å². The van der Waals surface area contributed by atoms with Gasteiger partial charge in [-0.1, -0.05) is 30.3 Å². The van der Waals surface area contributed by atoms with Crippen LogP contribution >= 0.6 is 0 Å². The number of aromatic nitrogens is 1. The van der Waals surface area contributed by atoms with Crippen molar-refractivity contribution < 1.29 is 0 Å². The molecule has 178 valence electrons. The van der Waals surface area contributed by atoms with E-state index in [-0.39, 0.29) is 0 Å². The molecule has 1 aromatic carbocycles. The van der Waals surface area contributed by atoms with E-state index < -0.39 is 0 Å². The molecule has 2 aliphatic heterocycles. The van der Waals surface area contributed by atoms with E-state index in [4.69, 9.17) is 4.99 Å². The zero-order valence-electron chi connectivity index (χ0n) is 20.3. The second kappa shape index (κ2) is 12.0. The van der Waals surface area contributed by atoms with E-state index in [0.29, 0.717) is 6.54 Å². The Bertz CT molecular complexity index is 860. The molecule has 0 atom stereocenters. The van der Waals surface area contributed by atoms with E-state index in [1.54, 1.807) is 0 Å². The van der Waals surface area contributed by atoms with Gasteiger partial charge in [-0.3, -0.25) is 4.90 Å². The number of guanidine groups is 1. The van der Waals surface area contributed by atoms with Crippen molar-refractivity contribution in [1.82, 2.24) is 25.0 Å². The fraction of sp³-hybridized carbons (Fsp3) is 0.538. The summed E-state index contributed by atoms with van der Waals surface area (Å²) in [5, 5.41) is 3.48. The van der Waals surface area contributed by atoms with Gasteiger partial charge < -0.3 is 20.0 Å². The molecule has 4 rings (SSSR count). The van der Waals surface area contributed by atoms with Crippen LogP contribution in [0.4, 0.5) is 5.82 Å². The van der Waals surface area contributed by atoms with Gasteiger partial charge in [0.2, 0.25) is 0 Å². The lowest BCUT2D eigenvalue weighted by molar-refractivity contribution is 0.269. The van der Waals surface area contributed by atoms with Crippen LogP contribution in [0.1, 0.15) is 24.5 Å². The highest BCUT2D eigenvalue weighted by molar-refractivity contribution is 5.80. The fourth-order valence-corrected chi connectivity index (χ4v) is 4.55. The van der Waals surface area contributed by atoms with Crippen molar-refractivity contribution in [2.75, 3.05) is 70.9 Å². The maximum atomic E-state index is 4.95. The Labute approximate surface area is 199 Å². The molecule has 1 N–H and O–H groups in total. The van der Waals surface area contributed by atoms with Crippen LogP contribution in [0.15, 0.2) is 53.7 Å². The van der Waals surface area contributed by atoms with Gasteiger partial charge in [0.1, 0.15) is 5.82 Å². The van der Waals surface area contributed by atoms with Gasteiger partial charge in [0.15, 0.2) is 5.96 Å². The Balaban J connectivity index is 1.30. The molecule has 0 bridgehead atoms. The molecule has 2 saturated heterocycles. The van der Waals surface area contributed by atoms with E-state index >= 15 is 0 Å². The molecule has 0 unspecified atom stereocenters. The summed E-state index contributed by atoms with van der Waals surface area (Å²) in [4.78, 5) is 19.2. The highest BCUT2D eigenvalue weighted by atomic mass is 15.4. The number of benzene rings is 1. The summed E-state index contributed by atoms with van der Waals surface area (Å²) in [6.07, 6.45) is 3.12. The minimum atomic E-state index is 0.706. The van der Waals surface area contributed by atoms with Crippen LogP contribution in [0, 0.1) is 0 Å². The lowest BCUT2D eigenvalue weighted by Crippen LogP contribution is -2.52. The van der Waals surface area contributed by atoms with Gasteiger partial charge in [-0.15, -0.1) is 0 Å². The molecule has 0 aliphatic carbocycles. The Hall–Kier alpha value is -2.64. The van der Waals surface area contributed by atoms with E-state index in [2.05, 4.69) is 80.3 Å². The first kappa shape index (κ1) is 23.5. The topological polar surface area (TPSA) is 50.2 Å². The molecule has 2 aromatic rings. The smallest absolute Gasteiger partial charge is 0.194 e. The number of aliphatic imine (C=N–C) groups is 1. The van der Waals surface area contributed by atoms with Crippen LogP contribution in [0.25, 0.3) is 0 Å². The van der Waals surface area contributed by atoms with Gasteiger partial charge in [-0.2, -0.15) is 0 Å². The van der Waals surface area contributed by atoms with E-state index in [1.807, 2.05) is 12.3 Å². The fourth-order valence-electron chi connectivity index (χ4n) is 4.55. The SMILES string of the molecule is CCNC(=NCc1ccc(CN2CCCN(C)CC2)cc1)N1CCN(c2ccccn2)CC1. The van der Waals surface area contributed by atoms with Crippen molar-refractivity contribution in [3.05, 3.63) is 59.8 Å². The zero-order chi connectivity index (χ0) is 22.9. The number of pyridine rings is 1. The molecule has 3 heterocycles. The van der Waals surface area contributed by atoms with E-state index in [0.717, 1.165) is 64.1 Å². The van der Waals surface area contributed by atoms with Gasteiger partial charge in [0.05, 0.1) is 6.54 Å². The van der Waals surface area contributed by atoms with Crippen LogP contribution in [0.3, 0.4) is 0 Å². The predicted octanol–water partition coefficient (Wildman–Crippen LogP) is 2.51.